The number of nitrogens with one attached hydrogen (secondary N) is 1. The van der Waals surface area contributed by atoms with Gasteiger partial charge in [0.15, 0.2) is 5.75 Å². The Morgan fingerprint density at radius 1 is 1.32 bits per heavy atom. The molecule has 3 rings (SSSR count). The van der Waals surface area contributed by atoms with Crippen molar-refractivity contribution in [3.05, 3.63) is 74.6 Å². The van der Waals surface area contributed by atoms with Gasteiger partial charge in [-0.05, 0) is 57.9 Å². The number of likely N-dealkylation sites (N-methyl/N-ethyl adjacent to an activating group) is 1. The van der Waals surface area contributed by atoms with Crippen molar-refractivity contribution in [2.45, 2.75) is 53.1 Å². The molecule has 0 unspecified atom stereocenters. The van der Waals surface area contributed by atoms with E-state index in [0.29, 0.717) is 24.3 Å². The number of amides is 1. The SMILES string of the molecule is CCN(C=C1CCC1)CCn1cc(C(=O)NCc2ccc(C)cc2F)c(=O)c(O)c1C. The van der Waals surface area contributed by atoms with Crippen LogP contribution in [-0.2, 0) is 13.1 Å². The average molecular weight is 428 g/mol. The smallest absolute Gasteiger partial charge is 0.257 e. The van der Waals surface area contributed by atoms with Crippen LogP contribution < -0.4 is 10.7 Å². The molecule has 1 fully saturated rings. The van der Waals surface area contributed by atoms with Crippen molar-refractivity contribution >= 4 is 5.91 Å². The zero-order chi connectivity index (χ0) is 22.5. The standard InChI is InChI=1S/C24H30FN3O3/c1-4-27(14-18-6-5-7-18)10-11-28-15-20(23(30)22(29)17(28)3)24(31)26-13-19-9-8-16(2)12-21(19)25/h8-9,12,14-15,29H,4-7,10-11,13H2,1-3H3,(H,26,31). The van der Waals surface area contributed by atoms with E-state index in [0.717, 1.165) is 24.9 Å². The van der Waals surface area contributed by atoms with Gasteiger partial charge in [-0.2, -0.15) is 0 Å². The summed E-state index contributed by atoms with van der Waals surface area (Å²) in [6.07, 6.45) is 7.18. The van der Waals surface area contributed by atoms with Gasteiger partial charge < -0.3 is 19.9 Å². The molecule has 0 atom stereocenters. The van der Waals surface area contributed by atoms with Crippen LogP contribution in [-0.4, -0.2) is 33.6 Å². The van der Waals surface area contributed by atoms with Gasteiger partial charge in [-0.1, -0.05) is 17.7 Å². The van der Waals surface area contributed by atoms with E-state index in [1.807, 2.05) is 0 Å². The predicted octanol–water partition coefficient (Wildman–Crippen LogP) is 3.63. The summed E-state index contributed by atoms with van der Waals surface area (Å²) in [4.78, 5) is 27.3. The molecule has 7 heteroatoms. The van der Waals surface area contributed by atoms with Crippen LogP contribution in [0.1, 0.15) is 53.4 Å². The lowest BCUT2D eigenvalue weighted by Crippen LogP contribution is -2.31. The minimum absolute atomic E-state index is 0.0454. The summed E-state index contributed by atoms with van der Waals surface area (Å²) in [5, 5.41) is 12.9. The van der Waals surface area contributed by atoms with Crippen molar-refractivity contribution in [1.82, 2.24) is 14.8 Å². The van der Waals surface area contributed by atoms with Gasteiger partial charge in [0, 0.05) is 37.9 Å². The van der Waals surface area contributed by atoms with Crippen LogP contribution in [0.4, 0.5) is 4.39 Å². The van der Waals surface area contributed by atoms with Gasteiger partial charge in [0.05, 0.1) is 5.69 Å². The number of nitrogens with zero attached hydrogens (tertiary/aromatic N) is 2. The molecule has 1 aromatic heterocycles. The quantitative estimate of drug-likeness (QED) is 0.675. The van der Waals surface area contributed by atoms with Crippen molar-refractivity contribution in [1.29, 1.82) is 0 Å². The van der Waals surface area contributed by atoms with Crippen LogP contribution >= 0.6 is 0 Å². The van der Waals surface area contributed by atoms with E-state index in [1.165, 1.54) is 24.3 Å². The molecule has 31 heavy (non-hydrogen) atoms. The normalized spacial score (nSPS) is 13.0. The maximum absolute atomic E-state index is 14.0. The largest absolute Gasteiger partial charge is 0.503 e. The Labute approximate surface area is 182 Å². The van der Waals surface area contributed by atoms with Crippen LogP contribution in [0.3, 0.4) is 0 Å². The van der Waals surface area contributed by atoms with Gasteiger partial charge in [0.25, 0.3) is 5.91 Å². The van der Waals surface area contributed by atoms with Crippen molar-refractivity contribution < 1.29 is 14.3 Å². The number of aromatic hydroxyl groups is 1. The number of carbonyl (C=O) groups excluding carboxylic acids is 1. The summed E-state index contributed by atoms with van der Waals surface area (Å²) in [6, 6.07) is 4.75. The van der Waals surface area contributed by atoms with Crippen LogP contribution in [0.25, 0.3) is 0 Å². The lowest BCUT2D eigenvalue weighted by molar-refractivity contribution is 0.0948. The number of allylic oxidation sites excluding steroid dienone is 1. The Bertz CT molecular complexity index is 1050. The topological polar surface area (TPSA) is 74.6 Å². The first-order chi connectivity index (χ1) is 14.8. The summed E-state index contributed by atoms with van der Waals surface area (Å²) >= 11 is 0. The van der Waals surface area contributed by atoms with Gasteiger partial charge in [0.2, 0.25) is 5.43 Å². The number of halogens is 1. The molecule has 0 radical (unpaired) electrons. The summed E-state index contributed by atoms with van der Waals surface area (Å²) < 4.78 is 15.7. The Morgan fingerprint density at radius 2 is 2.06 bits per heavy atom. The van der Waals surface area contributed by atoms with Gasteiger partial charge in [-0.15, -0.1) is 0 Å². The Hall–Kier alpha value is -3.09. The average Bonchev–Trinajstić information content (AvgIpc) is 2.71. The lowest BCUT2D eigenvalue weighted by atomic mass is 9.93. The molecule has 2 aromatic rings. The van der Waals surface area contributed by atoms with Crippen molar-refractivity contribution in [3.8, 4) is 5.75 Å². The first-order valence-electron chi connectivity index (χ1n) is 10.7. The molecule has 1 amide bonds. The van der Waals surface area contributed by atoms with E-state index in [1.54, 1.807) is 30.5 Å². The fraction of sp³-hybridized carbons (Fsp3) is 0.417. The molecule has 2 N–H and O–H groups in total. The molecule has 1 heterocycles. The molecule has 0 bridgehead atoms. The number of benzene rings is 1. The van der Waals surface area contributed by atoms with Crippen LogP contribution in [0.2, 0.25) is 0 Å². The highest BCUT2D eigenvalue weighted by molar-refractivity contribution is 5.94. The Kier molecular flexibility index (Phi) is 7.15. The van der Waals surface area contributed by atoms with E-state index >= 15 is 0 Å². The second kappa shape index (κ2) is 9.81. The third-order valence-electron chi connectivity index (χ3n) is 5.81. The third kappa shape index (κ3) is 5.34. The molecule has 0 saturated heterocycles. The Balaban J connectivity index is 1.74. The molecule has 0 aliphatic heterocycles. The van der Waals surface area contributed by atoms with E-state index in [9.17, 15) is 19.1 Å². The summed E-state index contributed by atoms with van der Waals surface area (Å²) in [7, 11) is 0. The Morgan fingerprint density at radius 3 is 2.68 bits per heavy atom. The summed E-state index contributed by atoms with van der Waals surface area (Å²) in [5.41, 5.74) is 2.09. The molecule has 1 aliphatic carbocycles. The zero-order valence-electron chi connectivity index (χ0n) is 18.4. The molecule has 166 valence electrons. The lowest BCUT2D eigenvalue weighted by Gasteiger charge is -2.25. The zero-order valence-corrected chi connectivity index (χ0v) is 18.4. The van der Waals surface area contributed by atoms with E-state index in [4.69, 9.17) is 0 Å². The van der Waals surface area contributed by atoms with Gasteiger partial charge in [-0.25, -0.2) is 4.39 Å². The summed E-state index contributed by atoms with van der Waals surface area (Å²) in [5.74, 6) is -1.49. The maximum atomic E-state index is 14.0. The number of aryl methyl sites for hydroxylation is 1. The molecule has 1 saturated carbocycles. The van der Waals surface area contributed by atoms with Crippen molar-refractivity contribution in [2.75, 3.05) is 13.1 Å². The number of aromatic nitrogens is 1. The van der Waals surface area contributed by atoms with Gasteiger partial charge in [0.1, 0.15) is 11.4 Å². The number of rotatable bonds is 8. The molecule has 1 aromatic carbocycles. The third-order valence-corrected chi connectivity index (χ3v) is 5.81. The number of carbonyl (C=O) groups is 1. The maximum Gasteiger partial charge on any atom is 0.257 e. The van der Waals surface area contributed by atoms with Gasteiger partial charge in [-0.3, -0.25) is 9.59 Å². The minimum atomic E-state index is -0.723. The minimum Gasteiger partial charge on any atom is -0.503 e. The van der Waals surface area contributed by atoms with E-state index in [2.05, 4.69) is 23.3 Å². The number of hydrogen-bond donors (Lipinski definition) is 2. The highest BCUT2D eigenvalue weighted by atomic mass is 19.1. The first-order valence-corrected chi connectivity index (χ1v) is 10.7. The van der Waals surface area contributed by atoms with E-state index in [-0.39, 0.29) is 12.1 Å². The molecule has 0 spiro atoms. The second-order valence-corrected chi connectivity index (χ2v) is 8.05. The first kappa shape index (κ1) is 22.6. The molecular weight excluding hydrogens is 397 g/mol. The monoisotopic (exact) mass is 427 g/mol. The van der Waals surface area contributed by atoms with Crippen LogP contribution in [0.5, 0.6) is 5.75 Å². The fourth-order valence-corrected chi connectivity index (χ4v) is 3.52. The van der Waals surface area contributed by atoms with E-state index < -0.39 is 22.9 Å². The second-order valence-electron chi connectivity index (χ2n) is 8.05. The predicted molar refractivity (Wildman–Crippen MR) is 119 cm³/mol. The molecule has 6 nitrogen and oxygen atoms in total. The number of pyridine rings is 1. The fourth-order valence-electron chi connectivity index (χ4n) is 3.52. The van der Waals surface area contributed by atoms with Crippen LogP contribution in [0, 0.1) is 19.7 Å². The highest BCUT2D eigenvalue weighted by Crippen LogP contribution is 2.25. The van der Waals surface area contributed by atoms with Crippen molar-refractivity contribution in [3.63, 3.8) is 0 Å². The van der Waals surface area contributed by atoms with Crippen molar-refractivity contribution in [2.24, 2.45) is 0 Å². The highest BCUT2D eigenvalue weighted by Gasteiger charge is 2.18. The number of hydrogen-bond acceptors (Lipinski definition) is 4. The van der Waals surface area contributed by atoms with Crippen LogP contribution in [0.15, 0.2) is 41.0 Å². The summed E-state index contributed by atoms with van der Waals surface area (Å²) in [6.45, 7) is 7.53. The van der Waals surface area contributed by atoms with Gasteiger partial charge >= 0.3 is 0 Å². The molecule has 1 aliphatic rings. The molecular formula is C24H30FN3O3.